The van der Waals surface area contributed by atoms with Gasteiger partial charge in [0.1, 0.15) is 5.54 Å². The van der Waals surface area contributed by atoms with E-state index in [1.807, 2.05) is 99.8 Å². The number of para-hydroxylation sites is 1. The number of hydrogen-bond acceptors (Lipinski definition) is 6. The van der Waals surface area contributed by atoms with Crippen molar-refractivity contribution in [2.45, 2.75) is 32.4 Å². The van der Waals surface area contributed by atoms with Crippen LogP contribution < -0.4 is 10.2 Å². The average molecular weight is 549 g/mol. The molecule has 1 aromatic heterocycles. The van der Waals surface area contributed by atoms with Crippen molar-refractivity contribution in [1.29, 1.82) is 0 Å². The number of carbonyl (C=O) groups excluding carboxylic acids is 3. The highest BCUT2D eigenvalue weighted by molar-refractivity contribution is 6.24. The second-order valence-electron chi connectivity index (χ2n) is 11.1. The lowest BCUT2D eigenvalue weighted by Crippen LogP contribution is -2.59. The molecule has 0 saturated carbocycles. The van der Waals surface area contributed by atoms with Crippen LogP contribution in [0, 0.1) is 24.7 Å². The maximum atomic E-state index is 14.3. The molecule has 8 heteroatoms. The van der Waals surface area contributed by atoms with Crippen LogP contribution in [0.5, 0.6) is 0 Å². The third-order valence-corrected chi connectivity index (χ3v) is 8.47. The summed E-state index contributed by atoms with van der Waals surface area (Å²) in [5, 5.41) is 8.44. The van der Waals surface area contributed by atoms with Gasteiger partial charge in [0.05, 0.1) is 36.0 Å². The van der Waals surface area contributed by atoms with Crippen LogP contribution in [0.1, 0.15) is 31.0 Å². The van der Waals surface area contributed by atoms with E-state index < -0.39 is 35.3 Å². The molecular weight excluding hydrogens is 516 g/mol. The average Bonchev–Trinajstić information content (AvgIpc) is 3.66. The molecule has 8 nitrogen and oxygen atoms in total. The predicted molar refractivity (Wildman–Crippen MR) is 155 cm³/mol. The highest BCUT2D eigenvalue weighted by Crippen LogP contribution is 2.53. The van der Waals surface area contributed by atoms with E-state index >= 15 is 0 Å². The fourth-order valence-corrected chi connectivity index (χ4v) is 6.43. The van der Waals surface area contributed by atoms with Gasteiger partial charge in [0.25, 0.3) is 0 Å². The van der Waals surface area contributed by atoms with Gasteiger partial charge in [-0.1, -0.05) is 80.1 Å². The molecule has 2 amide bonds. The number of carbonyl (C=O) groups is 3. The largest absolute Gasteiger partial charge is 0.468 e. The van der Waals surface area contributed by atoms with Gasteiger partial charge in [-0.25, -0.2) is 9.58 Å². The topological polar surface area (TPSA) is 93.5 Å². The van der Waals surface area contributed by atoms with E-state index in [0.717, 1.165) is 22.4 Å². The fraction of sp³-hybridized carbons (Fsp3) is 0.273. The van der Waals surface area contributed by atoms with Crippen LogP contribution in [0.25, 0.3) is 16.9 Å². The first kappa shape index (κ1) is 26.7. The molecule has 2 saturated heterocycles. The van der Waals surface area contributed by atoms with Crippen LogP contribution in [0.2, 0.25) is 0 Å². The summed E-state index contributed by atoms with van der Waals surface area (Å²) in [6, 6.07) is 26.0. The maximum Gasteiger partial charge on any atom is 0.327 e. The number of ether oxygens (including phenoxy) is 1. The van der Waals surface area contributed by atoms with Crippen LogP contribution in [0.3, 0.4) is 0 Å². The quantitative estimate of drug-likeness (QED) is 0.273. The van der Waals surface area contributed by atoms with Gasteiger partial charge < -0.3 is 4.74 Å². The third kappa shape index (κ3) is 4.09. The number of esters is 1. The number of amides is 2. The van der Waals surface area contributed by atoms with Crippen molar-refractivity contribution >= 4 is 23.5 Å². The Labute approximate surface area is 238 Å². The Morgan fingerprint density at radius 3 is 2.15 bits per heavy atom. The summed E-state index contributed by atoms with van der Waals surface area (Å²) in [4.78, 5) is 43.4. The Bertz CT molecular complexity index is 1610. The summed E-state index contributed by atoms with van der Waals surface area (Å²) in [6.45, 7) is 5.70. The third-order valence-electron chi connectivity index (χ3n) is 8.47. The monoisotopic (exact) mass is 548 g/mol. The first-order valence-electron chi connectivity index (χ1n) is 13.8. The number of rotatable bonds is 6. The molecule has 0 bridgehead atoms. The van der Waals surface area contributed by atoms with Gasteiger partial charge in [0, 0.05) is 23.4 Å². The van der Waals surface area contributed by atoms with Gasteiger partial charge in [-0.2, -0.15) is 5.10 Å². The molecule has 2 aliphatic rings. The van der Waals surface area contributed by atoms with E-state index in [2.05, 4.69) is 5.32 Å². The number of aryl methyl sites for hydroxylation is 1. The molecular formula is C33H32N4O4. The lowest BCUT2D eigenvalue weighted by Gasteiger charge is -2.35. The van der Waals surface area contributed by atoms with E-state index in [1.54, 1.807) is 16.8 Å². The molecule has 0 radical (unpaired) electrons. The number of methoxy groups -OCH3 is 1. The van der Waals surface area contributed by atoms with Crippen molar-refractivity contribution in [1.82, 2.24) is 15.1 Å². The van der Waals surface area contributed by atoms with Gasteiger partial charge in [0.15, 0.2) is 0 Å². The number of imide groups is 1. The first-order chi connectivity index (χ1) is 19.8. The zero-order valence-electron chi connectivity index (χ0n) is 23.4. The normalized spacial score (nSPS) is 23.7. The summed E-state index contributed by atoms with van der Waals surface area (Å²) in [7, 11) is 1.32. The van der Waals surface area contributed by atoms with Crippen LogP contribution in [0.4, 0.5) is 5.69 Å². The molecule has 0 spiro atoms. The lowest BCUT2D eigenvalue weighted by atomic mass is 9.73. The molecule has 3 aromatic carbocycles. The second-order valence-corrected chi connectivity index (χ2v) is 11.1. The highest BCUT2D eigenvalue weighted by atomic mass is 16.5. The van der Waals surface area contributed by atoms with Crippen LogP contribution in [-0.4, -0.2) is 40.2 Å². The van der Waals surface area contributed by atoms with Crippen molar-refractivity contribution in [3.63, 3.8) is 0 Å². The molecule has 2 fully saturated rings. The van der Waals surface area contributed by atoms with Crippen LogP contribution in [-0.2, 0) is 19.1 Å². The molecule has 0 aliphatic carbocycles. The Kier molecular flexibility index (Phi) is 6.58. The standard InChI is InChI=1S/C33H32N4O4/c1-20(2)33(32(40)41-4)27-26(30(38)37(31(27)39)24-17-15-21(3)16-18-24)29(34-33)25-19-36(23-13-9-6-10-14-23)35-28(25)22-11-7-5-8-12-22/h5-20,26-27,29,34H,1-4H3/t26-,27-,29-,33-/m1/s1. The Balaban J connectivity index is 1.56. The summed E-state index contributed by atoms with van der Waals surface area (Å²) < 4.78 is 7.10. The number of nitrogens with zero attached hydrogens (tertiary/aromatic N) is 3. The van der Waals surface area contributed by atoms with Gasteiger partial charge in [0.2, 0.25) is 11.8 Å². The minimum Gasteiger partial charge on any atom is -0.468 e. The molecule has 4 aromatic rings. The zero-order chi connectivity index (χ0) is 28.9. The fourth-order valence-electron chi connectivity index (χ4n) is 6.43. The Hall–Kier alpha value is -4.56. The molecule has 2 aliphatic heterocycles. The van der Waals surface area contributed by atoms with Gasteiger partial charge in [-0.15, -0.1) is 0 Å². The number of anilines is 1. The number of aromatic nitrogens is 2. The summed E-state index contributed by atoms with van der Waals surface area (Å²) in [5.41, 5.74) is 3.20. The SMILES string of the molecule is COC(=O)[C@]1(C(C)C)N[C@H](c2cn(-c3ccccc3)nc2-c2ccccc2)[C@@H]2C(=O)N(c3ccc(C)cc3)C(=O)[C@@H]21. The molecule has 6 rings (SSSR count). The minimum absolute atomic E-state index is 0.348. The highest BCUT2D eigenvalue weighted by Gasteiger charge is 2.70. The number of benzene rings is 3. The van der Waals surface area contributed by atoms with Gasteiger partial charge in [-0.05, 0) is 37.1 Å². The van der Waals surface area contributed by atoms with Crippen LogP contribution in [0.15, 0.2) is 91.1 Å². The number of nitrogens with one attached hydrogen (secondary N) is 1. The Morgan fingerprint density at radius 2 is 1.54 bits per heavy atom. The van der Waals surface area contributed by atoms with Gasteiger partial charge in [-0.3, -0.25) is 19.7 Å². The van der Waals surface area contributed by atoms with E-state index in [0.29, 0.717) is 11.4 Å². The van der Waals surface area contributed by atoms with Crippen molar-refractivity contribution in [2.75, 3.05) is 12.0 Å². The van der Waals surface area contributed by atoms with Gasteiger partial charge >= 0.3 is 5.97 Å². The molecule has 208 valence electrons. The van der Waals surface area contributed by atoms with Crippen molar-refractivity contribution in [2.24, 2.45) is 17.8 Å². The molecule has 3 heterocycles. The van der Waals surface area contributed by atoms with E-state index in [-0.39, 0.29) is 11.8 Å². The van der Waals surface area contributed by atoms with Crippen molar-refractivity contribution < 1.29 is 19.1 Å². The van der Waals surface area contributed by atoms with Crippen molar-refractivity contribution in [3.05, 3.63) is 102 Å². The van der Waals surface area contributed by atoms with E-state index in [9.17, 15) is 14.4 Å². The predicted octanol–water partition coefficient (Wildman–Crippen LogP) is 4.87. The zero-order valence-corrected chi connectivity index (χ0v) is 23.4. The van der Waals surface area contributed by atoms with Crippen molar-refractivity contribution in [3.8, 4) is 16.9 Å². The van der Waals surface area contributed by atoms with E-state index in [1.165, 1.54) is 12.0 Å². The van der Waals surface area contributed by atoms with E-state index in [4.69, 9.17) is 9.84 Å². The minimum atomic E-state index is -1.42. The maximum absolute atomic E-state index is 14.3. The summed E-state index contributed by atoms with van der Waals surface area (Å²) >= 11 is 0. The molecule has 41 heavy (non-hydrogen) atoms. The molecule has 0 unspecified atom stereocenters. The molecule has 1 N–H and O–H groups in total. The lowest BCUT2D eigenvalue weighted by molar-refractivity contribution is -0.154. The second kappa shape index (κ2) is 10.1. The van der Waals surface area contributed by atoms with Crippen LogP contribution >= 0.6 is 0 Å². The smallest absolute Gasteiger partial charge is 0.327 e. The molecule has 4 atom stereocenters. The summed E-state index contributed by atoms with van der Waals surface area (Å²) in [5.74, 6) is -3.48. The number of fused-ring (bicyclic) bond motifs is 1. The number of hydrogen-bond donors (Lipinski definition) is 1. The Morgan fingerprint density at radius 1 is 0.902 bits per heavy atom. The first-order valence-corrected chi connectivity index (χ1v) is 13.8. The summed E-state index contributed by atoms with van der Waals surface area (Å²) in [6.07, 6.45) is 1.90.